The van der Waals surface area contributed by atoms with E-state index in [9.17, 15) is 13.2 Å². The van der Waals surface area contributed by atoms with Gasteiger partial charge in [-0.15, -0.1) is 13.2 Å². The first-order valence-corrected chi connectivity index (χ1v) is 7.75. The Balaban J connectivity index is 2.02. The fourth-order valence-corrected chi connectivity index (χ4v) is 2.21. The zero-order valence-electron chi connectivity index (χ0n) is 13.7. The Morgan fingerprint density at radius 3 is 2.58 bits per heavy atom. The summed E-state index contributed by atoms with van der Waals surface area (Å²) in [5.74, 6) is 0.316. The molecule has 1 fully saturated rings. The van der Waals surface area contributed by atoms with Crippen molar-refractivity contribution in [1.29, 1.82) is 0 Å². The molecule has 1 aliphatic heterocycles. The van der Waals surface area contributed by atoms with Gasteiger partial charge in [-0.1, -0.05) is 25.1 Å². The Bertz CT molecular complexity index is 572. The SMILES string of the molecule is CCNC(=NCc1ccccc1OC(F)(F)F)NCC1(C)COC1. The number of guanidine groups is 1. The van der Waals surface area contributed by atoms with E-state index in [0.717, 1.165) is 0 Å². The first-order chi connectivity index (χ1) is 11.3. The predicted molar refractivity (Wildman–Crippen MR) is 84.9 cm³/mol. The maximum Gasteiger partial charge on any atom is 0.573 e. The van der Waals surface area contributed by atoms with Crippen molar-refractivity contribution in [2.75, 3.05) is 26.3 Å². The molecular weight excluding hydrogens is 323 g/mol. The molecule has 0 aliphatic carbocycles. The maximum absolute atomic E-state index is 12.4. The molecule has 0 aromatic heterocycles. The third kappa shape index (κ3) is 5.59. The molecule has 0 spiro atoms. The number of rotatable bonds is 6. The number of nitrogens with zero attached hydrogens (tertiary/aromatic N) is 1. The molecular formula is C16H22F3N3O2. The number of benzene rings is 1. The van der Waals surface area contributed by atoms with Gasteiger partial charge < -0.3 is 20.1 Å². The van der Waals surface area contributed by atoms with Crippen molar-refractivity contribution in [3.05, 3.63) is 29.8 Å². The molecule has 0 saturated carbocycles. The Morgan fingerprint density at radius 2 is 2.00 bits per heavy atom. The molecule has 2 N–H and O–H groups in total. The van der Waals surface area contributed by atoms with Crippen LogP contribution in [-0.2, 0) is 11.3 Å². The largest absolute Gasteiger partial charge is 0.573 e. The summed E-state index contributed by atoms with van der Waals surface area (Å²) in [4.78, 5) is 4.34. The number of halogens is 3. The number of ether oxygens (including phenoxy) is 2. The monoisotopic (exact) mass is 345 g/mol. The number of hydrogen-bond donors (Lipinski definition) is 2. The summed E-state index contributed by atoms with van der Waals surface area (Å²) in [5, 5.41) is 6.27. The molecule has 1 aromatic carbocycles. The summed E-state index contributed by atoms with van der Waals surface area (Å²) in [6.45, 7) is 6.79. The van der Waals surface area contributed by atoms with Crippen LogP contribution in [0.3, 0.4) is 0 Å². The van der Waals surface area contributed by atoms with Crippen molar-refractivity contribution in [3.63, 3.8) is 0 Å². The van der Waals surface area contributed by atoms with Crippen LogP contribution in [0.15, 0.2) is 29.3 Å². The fraction of sp³-hybridized carbons (Fsp3) is 0.562. The van der Waals surface area contributed by atoms with Crippen LogP contribution in [0, 0.1) is 5.41 Å². The molecule has 2 rings (SSSR count). The number of para-hydroxylation sites is 1. The molecule has 0 unspecified atom stereocenters. The van der Waals surface area contributed by atoms with Crippen molar-refractivity contribution in [2.24, 2.45) is 10.4 Å². The van der Waals surface area contributed by atoms with E-state index in [0.29, 0.717) is 37.8 Å². The molecule has 24 heavy (non-hydrogen) atoms. The van der Waals surface area contributed by atoms with Gasteiger partial charge in [-0.05, 0) is 13.0 Å². The molecule has 0 bridgehead atoms. The summed E-state index contributed by atoms with van der Waals surface area (Å²) >= 11 is 0. The lowest BCUT2D eigenvalue weighted by Gasteiger charge is -2.38. The standard InChI is InChI=1S/C16H22F3N3O2/c1-3-20-14(22-9-15(2)10-23-11-15)21-8-12-6-4-5-7-13(12)24-16(17,18)19/h4-7H,3,8-11H2,1-2H3,(H2,20,21,22). The van der Waals surface area contributed by atoms with Gasteiger partial charge in [0.05, 0.1) is 19.8 Å². The number of hydrogen-bond acceptors (Lipinski definition) is 3. The van der Waals surface area contributed by atoms with Crippen LogP contribution in [0.4, 0.5) is 13.2 Å². The molecule has 0 atom stereocenters. The molecule has 1 aromatic rings. The van der Waals surface area contributed by atoms with Crippen molar-refractivity contribution >= 4 is 5.96 Å². The average Bonchev–Trinajstić information content (AvgIpc) is 2.48. The molecule has 5 nitrogen and oxygen atoms in total. The van der Waals surface area contributed by atoms with E-state index in [1.807, 2.05) is 6.92 Å². The normalized spacial score (nSPS) is 17.1. The second-order valence-electron chi connectivity index (χ2n) is 6.01. The minimum atomic E-state index is -4.72. The van der Waals surface area contributed by atoms with Gasteiger partial charge in [0.15, 0.2) is 5.96 Å². The van der Waals surface area contributed by atoms with Gasteiger partial charge in [-0.3, -0.25) is 0 Å². The van der Waals surface area contributed by atoms with E-state index in [4.69, 9.17) is 4.74 Å². The smallest absolute Gasteiger partial charge is 0.405 e. The van der Waals surface area contributed by atoms with Crippen LogP contribution in [0.25, 0.3) is 0 Å². The maximum atomic E-state index is 12.4. The zero-order valence-corrected chi connectivity index (χ0v) is 13.7. The molecule has 0 amide bonds. The van der Waals surface area contributed by atoms with Crippen molar-refractivity contribution in [1.82, 2.24) is 10.6 Å². The van der Waals surface area contributed by atoms with Gasteiger partial charge in [0.2, 0.25) is 0 Å². The lowest BCUT2D eigenvalue weighted by molar-refractivity contribution is -0.274. The molecule has 1 saturated heterocycles. The van der Waals surface area contributed by atoms with E-state index in [1.54, 1.807) is 12.1 Å². The molecule has 1 aliphatic rings. The topological polar surface area (TPSA) is 54.9 Å². The minimum Gasteiger partial charge on any atom is -0.405 e. The van der Waals surface area contributed by atoms with Crippen LogP contribution in [-0.4, -0.2) is 38.6 Å². The number of nitrogens with one attached hydrogen (secondary N) is 2. The van der Waals surface area contributed by atoms with Crippen molar-refractivity contribution in [3.8, 4) is 5.75 Å². The van der Waals surface area contributed by atoms with Crippen LogP contribution < -0.4 is 15.4 Å². The van der Waals surface area contributed by atoms with Crippen LogP contribution in [0.5, 0.6) is 5.75 Å². The Labute approximate surface area is 139 Å². The highest BCUT2D eigenvalue weighted by molar-refractivity contribution is 5.79. The Morgan fingerprint density at radius 1 is 1.29 bits per heavy atom. The van der Waals surface area contributed by atoms with Crippen LogP contribution in [0.2, 0.25) is 0 Å². The molecule has 8 heteroatoms. The highest BCUT2D eigenvalue weighted by Gasteiger charge is 2.33. The van der Waals surface area contributed by atoms with Crippen molar-refractivity contribution in [2.45, 2.75) is 26.8 Å². The Kier molecular flexibility index (Phi) is 5.93. The molecule has 0 radical (unpaired) electrons. The summed E-state index contributed by atoms with van der Waals surface area (Å²) < 4.78 is 46.6. The number of alkyl halides is 3. The van der Waals surface area contributed by atoms with E-state index in [1.165, 1.54) is 12.1 Å². The predicted octanol–water partition coefficient (Wildman–Crippen LogP) is 2.68. The minimum absolute atomic E-state index is 0.0630. The zero-order chi connectivity index (χ0) is 17.6. The first kappa shape index (κ1) is 18.4. The summed E-state index contributed by atoms with van der Waals surface area (Å²) in [6.07, 6.45) is -4.72. The fourth-order valence-electron chi connectivity index (χ4n) is 2.21. The number of aliphatic imine (C=N–C) groups is 1. The third-order valence-electron chi connectivity index (χ3n) is 3.53. The van der Waals surface area contributed by atoms with Crippen molar-refractivity contribution < 1.29 is 22.6 Å². The van der Waals surface area contributed by atoms with Gasteiger partial charge >= 0.3 is 6.36 Å². The summed E-state index contributed by atoms with van der Waals surface area (Å²) in [6, 6.07) is 6.00. The second-order valence-corrected chi connectivity index (χ2v) is 6.01. The van der Waals surface area contributed by atoms with Gasteiger partial charge in [-0.2, -0.15) is 0 Å². The van der Waals surface area contributed by atoms with E-state index < -0.39 is 6.36 Å². The summed E-state index contributed by atoms with van der Waals surface area (Å²) in [5.41, 5.74) is 0.429. The third-order valence-corrected chi connectivity index (χ3v) is 3.53. The van der Waals surface area contributed by atoms with Gasteiger partial charge in [0.25, 0.3) is 0 Å². The highest BCUT2D eigenvalue weighted by atomic mass is 19.4. The molecule has 134 valence electrons. The lowest BCUT2D eigenvalue weighted by Crippen LogP contribution is -2.51. The average molecular weight is 345 g/mol. The van der Waals surface area contributed by atoms with E-state index in [-0.39, 0.29) is 17.7 Å². The van der Waals surface area contributed by atoms with Crippen LogP contribution in [0.1, 0.15) is 19.4 Å². The molecule has 1 heterocycles. The van der Waals surface area contributed by atoms with Crippen LogP contribution >= 0.6 is 0 Å². The first-order valence-electron chi connectivity index (χ1n) is 7.75. The Hall–Kier alpha value is -1.96. The lowest BCUT2D eigenvalue weighted by atomic mass is 9.89. The second kappa shape index (κ2) is 7.74. The van der Waals surface area contributed by atoms with Gasteiger partial charge in [0.1, 0.15) is 5.75 Å². The van der Waals surface area contributed by atoms with Gasteiger partial charge in [0, 0.05) is 24.1 Å². The van der Waals surface area contributed by atoms with E-state index >= 15 is 0 Å². The van der Waals surface area contributed by atoms with Gasteiger partial charge in [-0.25, -0.2) is 4.99 Å². The summed E-state index contributed by atoms with van der Waals surface area (Å²) in [7, 11) is 0. The quantitative estimate of drug-likeness (QED) is 0.615. The van der Waals surface area contributed by atoms with E-state index in [2.05, 4.69) is 27.3 Å². The highest BCUT2D eigenvalue weighted by Crippen LogP contribution is 2.27.